The lowest BCUT2D eigenvalue weighted by Gasteiger charge is -2.24. The van der Waals surface area contributed by atoms with Crippen LogP contribution in [0, 0.1) is 11.8 Å². The highest BCUT2D eigenvalue weighted by Crippen LogP contribution is 2.34. The van der Waals surface area contributed by atoms with Gasteiger partial charge in [0, 0.05) is 0 Å². The van der Waals surface area contributed by atoms with E-state index >= 15 is 0 Å². The third-order valence-corrected chi connectivity index (χ3v) is 4.77. The van der Waals surface area contributed by atoms with Crippen LogP contribution >= 0.6 is 0 Å². The fraction of sp³-hybridized carbons (Fsp3) is 0.625. The van der Waals surface area contributed by atoms with Crippen LogP contribution in [0.25, 0.3) is 0 Å². The third kappa shape index (κ3) is 7.47. The van der Waals surface area contributed by atoms with Gasteiger partial charge in [0.05, 0.1) is 11.8 Å². The van der Waals surface area contributed by atoms with Crippen molar-refractivity contribution in [1.29, 1.82) is 0 Å². The van der Waals surface area contributed by atoms with Crippen molar-refractivity contribution < 1.29 is 28.6 Å². The Balaban J connectivity index is 2.78. The summed E-state index contributed by atoms with van der Waals surface area (Å²) in [6.07, 6.45) is 0. The lowest BCUT2D eigenvalue weighted by atomic mass is 9.94. The number of carbonyl (C=O) groups is 3. The quantitative estimate of drug-likeness (QED) is 0.435. The number of hydrogen-bond donors (Lipinski definition) is 0. The standard InChI is InChI=1S/C24H36O6/c1-14(2)18-11-10-12-19(15(3)4)21(18)29-20(25)13-28-22(26)16(5)17(6)23(27)30-24(7,8)9/h10-12,14-17H,13H2,1-9H3. The van der Waals surface area contributed by atoms with E-state index in [4.69, 9.17) is 14.2 Å². The second-order valence-electron chi connectivity index (χ2n) is 9.27. The predicted molar refractivity (Wildman–Crippen MR) is 115 cm³/mol. The van der Waals surface area contributed by atoms with E-state index in [1.54, 1.807) is 34.6 Å². The molecule has 0 radical (unpaired) electrons. The highest BCUT2D eigenvalue weighted by molar-refractivity contribution is 5.83. The molecule has 0 aliphatic carbocycles. The number of carbonyl (C=O) groups excluding carboxylic acids is 3. The smallest absolute Gasteiger partial charge is 0.349 e. The first kappa shape index (κ1) is 25.7. The van der Waals surface area contributed by atoms with E-state index in [1.807, 2.05) is 45.9 Å². The van der Waals surface area contributed by atoms with E-state index in [-0.39, 0.29) is 11.8 Å². The molecule has 2 unspecified atom stereocenters. The van der Waals surface area contributed by atoms with Crippen LogP contribution in [0.15, 0.2) is 18.2 Å². The van der Waals surface area contributed by atoms with Crippen molar-refractivity contribution in [3.8, 4) is 5.75 Å². The lowest BCUT2D eigenvalue weighted by Crippen LogP contribution is -2.34. The Morgan fingerprint density at radius 3 is 1.73 bits per heavy atom. The fourth-order valence-corrected chi connectivity index (χ4v) is 2.81. The summed E-state index contributed by atoms with van der Waals surface area (Å²) in [7, 11) is 0. The van der Waals surface area contributed by atoms with Crippen LogP contribution in [-0.2, 0) is 23.9 Å². The van der Waals surface area contributed by atoms with E-state index in [2.05, 4.69) is 0 Å². The van der Waals surface area contributed by atoms with Crippen LogP contribution in [-0.4, -0.2) is 30.1 Å². The van der Waals surface area contributed by atoms with Crippen LogP contribution in [0.4, 0.5) is 0 Å². The maximum Gasteiger partial charge on any atom is 0.349 e. The first-order valence-electron chi connectivity index (χ1n) is 10.5. The van der Waals surface area contributed by atoms with Gasteiger partial charge in [0.2, 0.25) is 0 Å². The zero-order valence-corrected chi connectivity index (χ0v) is 19.7. The summed E-state index contributed by atoms with van der Waals surface area (Å²) < 4.78 is 16.0. The van der Waals surface area contributed by atoms with Crippen LogP contribution in [0.1, 0.15) is 85.3 Å². The van der Waals surface area contributed by atoms with Gasteiger partial charge in [-0.3, -0.25) is 9.59 Å². The Morgan fingerprint density at radius 1 is 0.833 bits per heavy atom. The van der Waals surface area contributed by atoms with Crippen molar-refractivity contribution in [3.63, 3.8) is 0 Å². The molecule has 0 saturated heterocycles. The molecule has 0 bridgehead atoms. The van der Waals surface area contributed by atoms with Crippen molar-refractivity contribution in [2.45, 2.75) is 79.8 Å². The number of hydrogen-bond acceptors (Lipinski definition) is 6. The normalized spacial score (nSPS) is 13.7. The molecule has 1 aromatic rings. The topological polar surface area (TPSA) is 78.9 Å². The van der Waals surface area contributed by atoms with Gasteiger partial charge in [0.25, 0.3) is 0 Å². The Labute approximate surface area is 180 Å². The Kier molecular flexibility index (Phi) is 9.07. The summed E-state index contributed by atoms with van der Waals surface area (Å²) >= 11 is 0. The molecule has 0 aliphatic heterocycles. The molecule has 0 spiro atoms. The maximum atomic E-state index is 12.4. The van der Waals surface area contributed by atoms with Crippen LogP contribution in [0.3, 0.4) is 0 Å². The molecule has 6 nitrogen and oxygen atoms in total. The van der Waals surface area contributed by atoms with Crippen molar-refractivity contribution in [3.05, 3.63) is 29.3 Å². The average Bonchev–Trinajstić information content (AvgIpc) is 2.63. The van der Waals surface area contributed by atoms with Crippen molar-refractivity contribution in [2.75, 3.05) is 6.61 Å². The highest BCUT2D eigenvalue weighted by atomic mass is 16.6. The largest absolute Gasteiger partial charge is 0.460 e. The van der Waals surface area contributed by atoms with Gasteiger partial charge in [-0.25, -0.2) is 4.79 Å². The zero-order valence-electron chi connectivity index (χ0n) is 19.7. The minimum atomic E-state index is -0.748. The minimum absolute atomic E-state index is 0.170. The SMILES string of the molecule is CC(C)c1cccc(C(C)C)c1OC(=O)COC(=O)C(C)C(C)C(=O)OC(C)(C)C. The summed E-state index contributed by atoms with van der Waals surface area (Å²) in [5.74, 6) is -2.36. The fourth-order valence-electron chi connectivity index (χ4n) is 2.81. The molecule has 1 rings (SSSR count). The van der Waals surface area contributed by atoms with E-state index in [0.29, 0.717) is 5.75 Å². The first-order valence-corrected chi connectivity index (χ1v) is 10.5. The van der Waals surface area contributed by atoms with E-state index in [9.17, 15) is 14.4 Å². The van der Waals surface area contributed by atoms with Gasteiger partial charge >= 0.3 is 17.9 Å². The van der Waals surface area contributed by atoms with Gasteiger partial charge in [0.15, 0.2) is 6.61 Å². The summed E-state index contributed by atoms with van der Waals surface area (Å²) in [6.45, 7) is 16.0. The monoisotopic (exact) mass is 420 g/mol. The molecule has 0 N–H and O–H groups in total. The molecule has 0 fully saturated rings. The molecule has 168 valence electrons. The summed E-state index contributed by atoms with van der Waals surface area (Å²) in [5, 5.41) is 0. The van der Waals surface area contributed by atoms with Gasteiger partial charge in [-0.1, -0.05) is 59.7 Å². The molecule has 6 heteroatoms. The van der Waals surface area contributed by atoms with Crippen molar-refractivity contribution in [1.82, 2.24) is 0 Å². The summed E-state index contributed by atoms with van der Waals surface area (Å²) in [6, 6.07) is 5.80. The number of rotatable bonds is 8. The molecular formula is C24H36O6. The van der Waals surface area contributed by atoms with Crippen LogP contribution < -0.4 is 4.74 Å². The van der Waals surface area contributed by atoms with Gasteiger partial charge in [-0.2, -0.15) is 0 Å². The number of ether oxygens (including phenoxy) is 3. The van der Waals surface area contributed by atoms with E-state index in [0.717, 1.165) is 11.1 Å². The highest BCUT2D eigenvalue weighted by Gasteiger charge is 2.31. The molecule has 0 aromatic heterocycles. The second-order valence-corrected chi connectivity index (χ2v) is 9.27. The molecule has 0 amide bonds. The lowest BCUT2D eigenvalue weighted by molar-refractivity contribution is -0.168. The van der Waals surface area contributed by atoms with Crippen LogP contribution in [0.2, 0.25) is 0 Å². The van der Waals surface area contributed by atoms with E-state index in [1.165, 1.54) is 0 Å². The molecular weight excluding hydrogens is 384 g/mol. The van der Waals surface area contributed by atoms with Crippen LogP contribution in [0.5, 0.6) is 5.75 Å². The predicted octanol–water partition coefficient (Wildman–Crippen LogP) is 5.00. The van der Waals surface area contributed by atoms with E-state index < -0.39 is 42.0 Å². The molecule has 30 heavy (non-hydrogen) atoms. The third-order valence-electron chi connectivity index (χ3n) is 4.77. The molecule has 0 aliphatic rings. The van der Waals surface area contributed by atoms with Gasteiger partial charge in [0.1, 0.15) is 11.4 Å². The number of esters is 3. The number of benzene rings is 1. The Hall–Kier alpha value is -2.37. The summed E-state index contributed by atoms with van der Waals surface area (Å²) in [4.78, 5) is 36.9. The molecule has 0 heterocycles. The Morgan fingerprint density at radius 2 is 1.30 bits per heavy atom. The number of para-hydroxylation sites is 1. The second kappa shape index (κ2) is 10.6. The molecule has 2 atom stereocenters. The Bertz CT molecular complexity index is 731. The van der Waals surface area contributed by atoms with Crippen molar-refractivity contribution >= 4 is 17.9 Å². The molecule has 1 aromatic carbocycles. The molecule has 0 saturated carbocycles. The van der Waals surface area contributed by atoms with Gasteiger partial charge in [-0.15, -0.1) is 0 Å². The minimum Gasteiger partial charge on any atom is -0.460 e. The van der Waals surface area contributed by atoms with Crippen molar-refractivity contribution in [2.24, 2.45) is 11.8 Å². The maximum absolute atomic E-state index is 12.4. The zero-order chi connectivity index (χ0) is 23.2. The first-order chi connectivity index (χ1) is 13.7. The van der Waals surface area contributed by atoms with Gasteiger partial charge in [-0.05, 0) is 43.7 Å². The van der Waals surface area contributed by atoms with Gasteiger partial charge < -0.3 is 14.2 Å². The summed E-state index contributed by atoms with van der Waals surface area (Å²) in [5.41, 5.74) is 1.21. The average molecular weight is 421 g/mol.